The summed E-state index contributed by atoms with van der Waals surface area (Å²) >= 11 is 2.33. The van der Waals surface area contributed by atoms with Crippen molar-refractivity contribution in [3.8, 4) is 0 Å². The first-order chi connectivity index (χ1) is 10.2. The Hall–Kier alpha value is -1.61. The molecule has 120 valence electrons. The van der Waals surface area contributed by atoms with E-state index >= 15 is 0 Å². The van der Waals surface area contributed by atoms with Gasteiger partial charge in [0.1, 0.15) is 6.04 Å². The standard InChI is InChI=1S/C13H17N3O4S2/c1-13(2,3)14-11(17)8-6-21-7-15(8)12(18)9-4-5-10(22-9)16(19)20/h4-5,8H,6-7H2,1-3H3,(H,14,17)/t8-/m0/s1. The first kappa shape index (κ1) is 16.8. The van der Waals surface area contributed by atoms with E-state index in [1.54, 1.807) is 0 Å². The molecule has 1 saturated heterocycles. The fourth-order valence-corrected chi connectivity index (χ4v) is 3.93. The van der Waals surface area contributed by atoms with Gasteiger partial charge >= 0.3 is 5.00 Å². The predicted molar refractivity (Wildman–Crippen MR) is 86.2 cm³/mol. The van der Waals surface area contributed by atoms with Gasteiger partial charge in [0, 0.05) is 17.4 Å². The van der Waals surface area contributed by atoms with Gasteiger partial charge in [0.05, 0.1) is 15.7 Å². The van der Waals surface area contributed by atoms with Crippen LogP contribution in [0.2, 0.25) is 0 Å². The van der Waals surface area contributed by atoms with Crippen LogP contribution < -0.4 is 5.32 Å². The van der Waals surface area contributed by atoms with Crippen LogP contribution in [0.25, 0.3) is 0 Å². The Kier molecular flexibility index (Phi) is 4.76. The SMILES string of the molecule is CC(C)(C)NC(=O)[C@@H]1CSCN1C(=O)c1ccc([N+](=O)[O-])s1. The van der Waals surface area contributed by atoms with E-state index in [-0.39, 0.29) is 27.2 Å². The second kappa shape index (κ2) is 6.25. The van der Waals surface area contributed by atoms with Gasteiger partial charge < -0.3 is 10.2 Å². The van der Waals surface area contributed by atoms with E-state index in [4.69, 9.17) is 0 Å². The molecule has 1 N–H and O–H groups in total. The lowest BCUT2D eigenvalue weighted by molar-refractivity contribution is -0.380. The van der Waals surface area contributed by atoms with Crippen LogP contribution in [0.4, 0.5) is 5.00 Å². The predicted octanol–water partition coefficient (Wildman–Crippen LogP) is 2.09. The smallest absolute Gasteiger partial charge is 0.324 e. The summed E-state index contributed by atoms with van der Waals surface area (Å²) in [5.74, 6) is 0.405. The highest BCUT2D eigenvalue weighted by atomic mass is 32.2. The van der Waals surface area contributed by atoms with Crippen molar-refractivity contribution in [2.45, 2.75) is 32.4 Å². The summed E-state index contributed by atoms with van der Waals surface area (Å²) in [5.41, 5.74) is -0.374. The number of thioether (sulfide) groups is 1. The minimum Gasteiger partial charge on any atom is -0.350 e. The molecule has 0 bridgehead atoms. The Morgan fingerprint density at radius 3 is 2.64 bits per heavy atom. The maximum Gasteiger partial charge on any atom is 0.324 e. The van der Waals surface area contributed by atoms with Gasteiger partial charge in [-0.1, -0.05) is 11.3 Å². The van der Waals surface area contributed by atoms with Crippen molar-refractivity contribution in [1.82, 2.24) is 10.2 Å². The molecule has 1 fully saturated rings. The van der Waals surface area contributed by atoms with Crippen molar-refractivity contribution >= 4 is 39.9 Å². The third kappa shape index (κ3) is 3.77. The molecule has 2 rings (SSSR count). The van der Waals surface area contributed by atoms with E-state index in [0.29, 0.717) is 11.6 Å². The molecule has 1 aliphatic heterocycles. The molecule has 1 atom stereocenters. The van der Waals surface area contributed by atoms with E-state index < -0.39 is 11.0 Å². The zero-order chi connectivity index (χ0) is 16.5. The number of hydrogen-bond acceptors (Lipinski definition) is 6. The molecule has 2 amide bonds. The number of nitrogens with zero attached hydrogens (tertiary/aromatic N) is 2. The van der Waals surface area contributed by atoms with Crippen LogP contribution in [0.3, 0.4) is 0 Å². The fraction of sp³-hybridized carbons (Fsp3) is 0.538. The molecule has 0 aromatic carbocycles. The van der Waals surface area contributed by atoms with Crippen molar-refractivity contribution in [1.29, 1.82) is 0 Å². The van der Waals surface area contributed by atoms with E-state index in [0.717, 1.165) is 11.3 Å². The summed E-state index contributed by atoms with van der Waals surface area (Å²) < 4.78 is 0. The molecule has 1 aliphatic rings. The molecule has 1 aromatic rings. The molecule has 1 aromatic heterocycles. The highest BCUT2D eigenvalue weighted by molar-refractivity contribution is 7.99. The van der Waals surface area contributed by atoms with Crippen LogP contribution in [-0.4, -0.2) is 44.8 Å². The van der Waals surface area contributed by atoms with E-state index in [2.05, 4.69) is 5.32 Å². The first-order valence-corrected chi connectivity index (χ1v) is 8.61. The van der Waals surface area contributed by atoms with Crippen molar-refractivity contribution in [2.75, 3.05) is 11.6 Å². The average Bonchev–Trinajstić information content (AvgIpc) is 3.05. The molecule has 2 heterocycles. The van der Waals surface area contributed by atoms with Crippen molar-refractivity contribution in [2.24, 2.45) is 0 Å². The van der Waals surface area contributed by atoms with E-state index in [1.165, 1.54) is 28.8 Å². The highest BCUT2D eigenvalue weighted by Gasteiger charge is 2.37. The number of nitro groups is 1. The van der Waals surface area contributed by atoms with E-state index in [9.17, 15) is 19.7 Å². The molecule has 22 heavy (non-hydrogen) atoms. The zero-order valence-electron chi connectivity index (χ0n) is 12.5. The first-order valence-electron chi connectivity index (χ1n) is 6.64. The Morgan fingerprint density at radius 2 is 2.09 bits per heavy atom. The van der Waals surface area contributed by atoms with Crippen molar-refractivity contribution in [3.63, 3.8) is 0 Å². The number of carbonyl (C=O) groups is 2. The number of hydrogen-bond donors (Lipinski definition) is 1. The second-order valence-electron chi connectivity index (χ2n) is 5.92. The summed E-state index contributed by atoms with van der Waals surface area (Å²) in [7, 11) is 0. The lowest BCUT2D eigenvalue weighted by atomic mass is 10.1. The van der Waals surface area contributed by atoms with Gasteiger partial charge in [-0.05, 0) is 26.8 Å². The summed E-state index contributed by atoms with van der Waals surface area (Å²) in [6.07, 6.45) is 0. The maximum atomic E-state index is 12.5. The third-order valence-electron chi connectivity index (χ3n) is 2.93. The second-order valence-corrected chi connectivity index (χ2v) is 7.99. The lowest BCUT2D eigenvalue weighted by Gasteiger charge is -2.27. The van der Waals surface area contributed by atoms with Crippen LogP contribution in [0.15, 0.2) is 12.1 Å². The summed E-state index contributed by atoms with van der Waals surface area (Å²) in [6.45, 7) is 5.63. The van der Waals surface area contributed by atoms with Gasteiger partial charge in [-0.3, -0.25) is 19.7 Å². The zero-order valence-corrected chi connectivity index (χ0v) is 14.1. The lowest BCUT2D eigenvalue weighted by Crippen LogP contribution is -2.52. The number of amides is 2. The Bertz CT molecular complexity index is 609. The van der Waals surface area contributed by atoms with Crippen LogP contribution in [0, 0.1) is 10.1 Å². The molecule has 0 radical (unpaired) electrons. The molecule has 0 spiro atoms. The largest absolute Gasteiger partial charge is 0.350 e. The fourth-order valence-electron chi connectivity index (χ4n) is 2.00. The summed E-state index contributed by atoms with van der Waals surface area (Å²) in [6, 6.07) is 2.20. The topological polar surface area (TPSA) is 92.6 Å². The van der Waals surface area contributed by atoms with Crippen LogP contribution in [0.1, 0.15) is 30.4 Å². The molecular formula is C13H17N3O4S2. The minimum atomic E-state index is -0.544. The quantitative estimate of drug-likeness (QED) is 0.670. The third-order valence-corrected chi connectivity index (χ3v) is 4.96. The molecule has 0 unspecified atom stereocenters. The Labute approximate surface area is 136 Å². The van der Waals surface area contributed by atoms with Crippen LogP contribution >= 0.6 is 23.1 Å². The molecule has 0 aliphatic carbocycles. The van der Waals surface area contributed by atoms with Crippen molar-refractivity contribution in [3.05, 3.63) is 27.1 Å². The van der Waals surface area contributed by atoms with Crippen molar-refractivity contribution < 1.29 is 14.5 Å². The number of rotatable bonds is 3. The van der Waals surface area contributed by atoms with Gasteiger partial charge in [0.15, 0.2) is 0 Å². The number of thiophene rings is 1. The van der Waals surface area contributed by atoms with E-state index in [1.807, 2.05) is 20.8 Å². The average molecular weight is 343 g/mol. The van der Waals surface area contributed by atoms with Gasteiger partial charge in [-0.15, -0.1) is 11.8 Å². The van der Waals surface area contributed by atoms with Crippen LogP contribution in [0.5, 0.6) is 0 Å². The Balaban J connectivity index is 2.14. The molecule has 9 heteroatoms. The minimum absolute atomic E-state index is 0.0779. The molecule has 0 saturated carbocycles. The molecular weight excluding hydrogens is 326 g/mol. The van der Waals surface area contributed by atoms with Crippen LogP contribution in [-0.2, 0) is 4.79 Å². The summed E-state index contributed by atoms with van der Waals surface area (Å²) in [5, 5.41) is 13.5. The van der Waals surface area contributed by atoms with Gasteiger partial charge in [-0.2, -0.15) is 0 Å². The monoisotopic (exact) mass is 343 g/mol. The molecule has 7 nitrogen and oxygen atoms in total. The number of nitrogens with one attached hydrogen (secondary N) is 1. The van der Waals surface area contributed by atoms with Gasteiger partial charge in [0.2, 0.25) is 5.91 Å². The Morgan fingerprint density at radius 1 is 1.41 bits per heavy atom. The number of carbonyl (C=O) groups excluding carboxylic acids is 2. The van der Waals surface area contributed by atoms with Gasteiger partial charge in [-0.25, -0.2) is 0 Å². The maximum absolute atomic E-state index is 12.5. The summed E-state index contributed by atoms with van der Waals surface area (Å²) in [4.78, 5) is 36.7. The van der Waals surface area contributed by atoms with Gasteiger partial charge in [0.25, 0.3) is 5.91 Å². The highest BCUT2D eigenvalue weighted by Crippen LogP contribution is 2.29. The normalized spacial score (nSPS) is 18.3.